The van der Waals surface area contributed by atoms with E-state index in [4.69, 9.17) is 4.74 Å². The van der Waals surface area contributed by atoms with E-state index in [1.54, 1.807) is 25.4 Å². The van der Waals surface area contributed by atoms with Gasteiger partial charge < -0.3 is 9.72 Å². The van der Waals surface area contributed by atoms with Crippen LogP contribution in [0.4, 0.5) is 4.39 Å². The first-order valence-corrected chi connectivity index (χ1v) is 6.53. The standard InChI is InChI=1S/C16H15FN2O/c1-3-10-7-14(18-9-16(10)20-2)15-8-11-12(17)5-4-6-13(11)19-15/h4-9,19H,3H2,1-2H3. The number of nitrogens with zero attached hydrogens (tertiary/aromatic N) is 1. The Labute approximate surface area is 116 Å². The zero-order chi connectivity index (χ0) is 14.1. The molecule has 0 saturated carbocycles. The molecule has 3 nitrogen and oxygen atoms in total. The Bertz CT molecular complexity index is 764. The molecule has 0 fully saturated rings. The predicted molar refractivity (Wildman–Crippen MR) is 77.4 cm³/mol. The Morgan fingerprint density at radius 3 is 2.85 bits per heavy atom. The van der Waals surface area contributed by atoms with Crippen molar-refractivity contribution in [1.29, 1.82) is 0 Å². The van der Waals surface area contributed by atoms with Gasteiger partial charge in [0.15, 0.2) is 0 Å². The van der Waals surface area contributed by atoms with Crippen LogP contribution in [0.5, 0.6) is 5.75 Å². The molecule has 4 heteroatoms. The number of pyridine rings is 1. The van der Waals surface area contributed by atoms with Crippen molar-refractivity contribution in [2.45, 2.75) is 13.3 Å². The first kappa shape index (κ1) is 12.7. The average Bonchev–Trinajstić information content (AvgIpc) is 2.92. The summed E-state index contributed by atoms with van der Waals surface area (Å²) in [5.41, 5.74) is 3.45. The Morgan fingerprint density at radius 1 is 1.30 bits per heavy atom. The molecule has 0 unspecified atom stereocenters. The van der Waals surface area contributed by atoms with Crippen molar-refractivity contribution < 1.29 is 9.13 Å². The second-order valence-corrected chi connectivity index (χ2v) is 4.62. The van der Waals surface area contributed by atoms with Gasteiger partial charge in [-0.3, -0.25) is 4.98 Å². The number of hydrogen-bond acceptors (Lipinski definition) is 2. The Hall–Kier alpha value is -2.36. The molecule has 0 radical (unpaired) electrons. The molecule has 0 amide bonds. The maximum atomic E-state index is 13.7. The molecule has 0 aliphatic rings. The van der Waals surface area contributed by atoms with E-state index in [1.807, 2.05) is 12.1 Å². The van der Waals surface area contributed by atoms with Gasteiger partial charge in [0.2, 0.25) is 0 Å². The molecule has 2 heterocycles. The third kappa shape index (κ3) is 2.03. The molecular weight excluding hydrogens is 255 g/mol. The highest BCUT2D eigenvalue weighted by Crippen LogP contribution is 2.27. The van der Waals surface area contributed by atoms with Crippen LogP contribution in [0.2, 0.25) is 0 Å². The van der Waals surface area contributed by atoms with Crippen LogP contribution in [0.3, 0.4) is 0 Å². The minimum Gasteiger partial charge on any atom is -0.495 e. The number of H-pyrrole nitrogens is 1. The van der Waals surface area contributed by atoms with Crippen molar-refractivity contribution in [3.8, 4) is 17.1 Å². The number of aromatic nitrogens is 2. The average molecular weight is 270 g/mol. The second-order valence-electron chi connectivity index (χ2n) is 4.62. The number of benzene rings is 1. The van der Waals surface area contributed by atoms with Gasteiger partial charge in [0.1, 0.15) is 11.6 Å². The maximum absolute atomic E-state index is 13.7. The summed E-state index contributed by atoms with van der Waals surface area (Å²) in [7, 11) is 1.63. The van der Waals surface area contributed by atoms with Gasteiger partial charge in [-0.2, -0.15) is 0 Å². The van der Waals surface area contributed by atoms with Crippen LogP contribution in [0.1, 0.15) is 12.5 Å². The number of hydrogen-bond donors (Lipinski definition) is 1. The Kier molecular flexibility index (Phi) is 3.14. The van der Waals surface area contributed by atoms with Crippen molar-refractivity contribution in [3.63, 3.8) is 0 Å². The largest absolute Gasteiger partial charge is 0.495 e. The molecule has 20 heavy (non-hydrogen) atoms. The van der Waals surface area contributed by atoms with Crippen LogP contribution in [-0.4, -0.2) is 17.1 Å². The molecule has 3 rings (SSSR count). The smallest absolute Gasteiger partial charge is 0.140 e. The number of methoxy groups -OCH3 is 1. The fourth-order valence-corrected chi connectivity index (χ4v) is 2.35. The van der Waals surface area contributed by atoms with Crippen molar-refractivity contribution in [3.05, 3.63) is 47.9 Å². The van der Waals surface area contributed by atoms with E-state index in [0.29, 0.717) is 5.39 Å². The van der Waals surface area contributed by atoms with Gasteiger partial charge >= 0.3 is 0 Å². The minimum absolute atomic E-state index is 0.228. The van der Waals surface area contributed by atoms with Gasteiger partial charge in [-0.15, -0.1) is 0 Å². The number of aryl methyl sites for hydroxylation is 1. The maximum Gasteiger partial charge on any atom is 0.140 e. The highest BCUT2D eigenvalue weighted by molar-refractivity contribution is 5.85. The number of nitrogens with one attached hydrogen (secondary N) is 1. The number of ether oxygens (including phenoxy) is 1. The summed E-state index contributed by atoms with van der Waals surface area (Å²) in [5, 5.41) is 0.582. The number of halogens is 1. The summed E-state index contributed by atoms with van der Waals surface area (Å²) in [6, 6.07) is 8.77. The SMILES string of the molecule is CCc1cc(-c2cc3c(F)cccc3[nH]2)ncc1OC. The Balaban J connectivity index is 2.13. The molecule has 1 N–H and O–H groups in total. The predicted octanol–water partition coefficient (Wildman–Crippen LogP) is 3.94. The quantitative estimate of drug-likeness (QED) is 0.782. The van der Waals surface area contributed by atoms with Gasteiger partial charge in [0.25, 0.3) is 0 Å². The van der Waals surface area contributed by atoms with E-state index in [-0.39, 0.29) is 5.82 Å². The molecule has 1 aromatic carbocycles. The first-order chi connectivity index (χ1) is 9.72. The van der Waals surface area contributed by atoms with Crippen LogP contribution in [0.25, 0.3) is 22.3 Å². The zero-order valence-electron chi connectivity index (χ0n) is 11.4. The molecule has 0 bridgehead atoms. The van der Waals surface area contributed by atoms with Gasteiger partial charge in [0, 0.05) is 10.9 Å². The minimum atomic E-state index is -0.228. The number of fused-ring (bicyclic) bond motifs is 1. The normalized spacial score (nSPS) is 10.9. The molecule has 102 valence electrons. The fraction of sp³-hybridized carbons (Fsp3) is 0.188. The summed E-state index contributed by atoms with van der Waals surface area (Å²) in [4.78, 5) is 7.57. The van der Waals surface area contributed by atoms with E-state index in [9.17, 15) is 4.39 Å². The summed E-state index contributed by atoms with van der Waals surface area (Å²) in [5.74, 6) is 0.549. The van der Waals surface area contributed by atoms with E-state index >= 15 is 0 Å². The van der Waals surface area contributed by atoms with Crippen LogP contribution in [0, 0.1) is 5.82 Å². The highest BCUT2D eigenvalue weighted by atomic mass is 19.1. The van der Waals surface area contributed by atoms with E-state index in [2.05, 4.69) is 16.9 Å². The third-order valence-electron chi connectivity index (χ3n) is 3.44. The van der Waals surface area contributed by atoms with E-state index in [1.165, 1.54) is 6.07 Å². The molecule has 0 aliphatic carbocycles. The number of rotatable bonds is 3. The third-order valence-corrected chi connectivity index (χ3v) is 3.44. The lowest BCUT2D eigenvalue weighted by Crippen LogP contribution is -1.93. The Morgan fingerprint density at radius 2 is 2.15 bits per heavy atom. The lowest BCUT2D eigenvalue weighted by molar-refractivity contribution is 0.408. The van der Waals surface area contributed by atoms with E-state index in [0.717, 1.165) is 34.6 Å². The van der Waals surface area contributed by atoms with Crippen LogP contribution >= 0.6 is 0 Å². The summed E-state index contributed by atoms with van der Waals surface area (Å²) in [6.07, 6.45) is 2.56. The first-order valence-electron chi connectivity index (χ1n) is 6.53. The summed E-state index contributed by atoms with van der Waals surface area (Å²) in [6.45, 7) is 2.06. The van der Waals surface area contributed by atoms with Crippen LogP contribution < -0.4 is 4.74 Å². The molecule has 0 atom stereocenters. The lowest BCUT2D eigenvalue weighted by Gasteiger charge is -2.07. The van der Waals surface area contributed by atoms with Gasteiger partial charge in [-0.05, 0) is 36.2 Å². The summed E-state index contributed by atoms with van der Waals surface area (Å²) >= 11 is 0. The molecule has 0 aliphatic heterocycles. The zero-order valence-corrected chi connectivity index (χ0v) is 11.4. The molecule has 0 spiro atoms. The molecule has 3 aromatic rings. The number of aromatic amines is 1. The summed E-state index contributed by atoms with van der Waals surface area (Å²) < 4.78 is 19.0. The van der Waals surface area contributed by atoms with Gasteiger partial charge in [0.05, 0.1) is 24.7 Å². The van der Waals surface area contributed by atoms with E-state index < -0.39 is 0 Å². The van der Waals surface area contributed by atoms with Crippen molar-refractivity contribution in [2.75, 3.05) is 7.11 Å². The topological polar surface area (TPSA) is 37.9 Å². The molecule has 2 aromatic heterocycles. The van der Waals surface area contributed by atoms with Crippen LogP contribution in [0.15, 0.2) is 36.5 Å². The second kappa shape index (κ2) is 4.96. The van der Waals surface area contributed by atoms with Crippen molar-refractivity contribution in [2.24, 2.45) is 0 Å². The van der Waals surface area contributed by atoms with Crippen LogP contribution in [-0.2, 0) is 6.42 Å². The van der Waals surface area contributed by atoms with Crippen molar-refractivity contribution >= 4 is 10.9 Å². The lowest BCUT2D eigenvalue weighted by atomic mass is 10.1. The van der Waals surface area contributed by atoms with Gasteiger partial charge in [-0.1, -0.05) is 13.0 Å². The van der Waals surface area contributed by atoms with Crippen molar-refractivity contribution in [1.82, 2.24) is 9.97 Å². The highest BCUT2D eigenvalue weighted by Gasteiger charge is 2.10. The molecule has 0 saturated heterocycles. The monoisotopic (exact) mass is 270 g/mol. The fourth-order valence-electron chi connectivity index (χ4n) is 2.35. The van der Waals surface area contributed by atoms with Gasteiger partial charge in [-0.25, -0.2) is 4.39 Å². The molecular formula is C16H15FN2O.